The van der Waals surface area contributed by atoms with Gasteiger partial charge in [-0.25, -0.2) is 8.42 Å². The number of carbonyl (C=O) groups excluding carboxylic acids is 1. The highest BCUT2D eigenvalue weighted by atomic mass is 35.7. The molecule has 0 radical (unpaired) electrons. The van der Waals surface area contributed by atoms with E-state index >= 15 is 0 Å². The van der Waals surface area contributed by atoms with E-state index in [4.69, 9.17) is 15.4 Å². The number of amides is 1. The van der Waals surface area contributed by atoms with Crippen molar-refractivity contribution < 1.29 is 17.9 Å². The molecule has 1 heterocycles. The van der Waals surface area contributed by atoms with Gasteiger partial charge in [-0.3, -0.25) is 9.89 Å². The van der Waals surface area contributed by atoms with Crippen molar-refractivity contribution in [1.29, 1.82) is 0 Å². The summed E-state index contributed by atoms with van der Waals surface area (Å²) < 4.78 is 28.5. The van der Waals surface area contributed by atoms with Crippen molar-refractivity contribution in [3.05, 3.63) is 11.4 Å². The van der Waals surface area contributed by atoms with Crippen LogP contribution in [0.15, 0.2) is 4.90 Å². The third kappa shape index (κ3) is 4.42. The minimum atomic E-state index is -4.09. The molecule has 0 spiro atoms. The van der Waals surface area contributed by atoms with E-state index in [0.29, 0.717) is 5.69 Å². The third-order valence-corrected chi connectivity index (χ3v) is 4.11. The highest BCUT2D eigenvalue weighted by molar-refractivity contribution is 8.13. The van der Waals surface area contributed by atoms with E-state index in [2.05, 4.69) is 15.5 Å². The molecule has 7 nitrogen and oxygen atoms in total. The van der Waals surface area contributed by atoms with Crippen LogP contribution in [0.25, 0.3) is 0 Å². The van der Waals surface area contributed by atoms with Crippen LogP contribution in [0.1, 0.15) is 49.8 Å². The van der Waals surface area contributed by atoms with Gasteiger partial charge in [0.2, 0.25) is 0 Å². The SMILES string of the molecule is COCC(C)(C)NC(=O)c1n[nH]c(C(C)C)c1S(=O)(=O)Cl. The lowest BCUT2D eigenvalue weighted by molar-refractivity contribution is 0.0812. The maximum Gasteiger partial charge on any atom is 0.273 e. The zero-order valence-corrected chi connectivity index (χ0v) is 14.2. The van der Waals surface area contributed by atoms with Crippen molar-refractivity contribution in [2.45, 2.75) is 44.0 Å². The summed E-state index contributed by atoms with van der Waals surface area (Å²) in [5, 5.41) is 9.05. The number of rotatable bonds is 6. The fraction of sp³-hybridized carbons (Fsp3) is 0.667. The average molecular weight is 338 g/mol. The second-order valence-corrected chi connectivity index (χ2v) is 8.18. The van der Waals surface area contributed by atoms with Crippen LogP contribution in [-0.2, 0) is 13.8 Å². The Balaban J connectivity index is 3.23. The van der Waals surface area contributed by atoms with E-state index in [9.17, 15) is 13.2 Å². The molecular weight excluding hydrogens is 318 g/mol. The molecule has 0 aliphatic carbocycles. The number of aromatic nitrogens is 2. The minimum Gasteiger partial charge on any atom is -0.382 e. The summed E-state index contributed by atoms with van der Waals surface area (Å²) in [4.78, 5) is 12.0. The molecule has 120 valence electrons. The van der Waals surface area contributed by atoms with Gasteiger partial charge in [-0.1, -0.05) is 13.8 Å². The molecule has 2 N–H and O–H groups in total. The molecule has 0 aliphatic heterocycles. The van der Waals surface area contributed by atoms with Crippen molar-refractivity contribution in [3.8, 4) is 0 Å². The molecule has 0 bridgehead atoms. The Morgan fingerprint density at radius 2 is 2.05 bits per heavy atom. The monoisotopic (exact) mass is 337 g/mol. The lowest BCUT2D eigenvalue weighted by Crippen LogP contribution is -2.47. The van der Waals surface area contributed by atoms with Crippen molar-refractivity contribution in [3.63, 3.8) is 0 Å². The summed E-state index contributed by atoms with van der Waals surface area (Å²) >= 11 is 0. The molecule has 0 aromatic carbocycles. The van der Waals surface area contributed by atoms with Crippen LogP contribution in [0.4, 0.5) is 0 Å². The Bertz CT molecular complexity index is 622. The van der Waals surface area contributed by atoms with Crippen LogP contribution in [0, 0.1) is 0 Å². The van der Waals surface area contributed by atoms with Gasteiger partial charge in [0.05, 0.1) is 17.8 Å². The molecule has 0 saturated heterocycles. The topological polar surface area (TPSA) is 101 Å². The predicted octanol–water partition coefficient (Wildman–Crippen LogP) is 1.62. The first-order chi connectivity index (χ1) is 9.49. The Hall–Kier alpha value is -1.12. The molecular formula is C12H20ClN3O4S. The van der Waals surface area contributed by atoms with Crippen LogP contribution in [0.2, 0.25) is 0 Å². The standard InChI is InChI=1S/C12H20ClN3O4S/c1-7(2)8-10(21(13,18)19)9(16-15-8)11(17)14-12(3,4)6-20-5/h7H,6H2,1-5H3,(H,14,17)(H,15,16). The number of aromatic amines is 1. The zero-order valence-electron chi connectivity index (χ0n) is 12.7. The molecule has 1 aromatic rings. The lowest BCUT2D eigenvalue weighted by Gasteiger charge is -2.24. The van der Waals surface area contributed by atoms with Crippen molar-refractivity contribution in [1.82, 2.24) is 15.5 Å². The van der Waals surface area contributed by atoms with Crippen LogP contribution in [0.3, 0.4) is 0 Å². The quantitative estimate of drug-likeness (QED) is 0.768. The van der Waals surface area contributed by atoms with Crippen molar-refractivity contribution in [2.75, 3.05) is 13.7 Å². The molecule has 0 saturated carbocycles. The van der Waals surface area contributed by atoms with E-state index in [1.807, 2.05) is 0 Å². The van der Waals surface area contributed by atoms with Gasteiger partial charge in [0, 0.05) is 17.8 Å². The van der Waals surface area contributed by atoms with E-state index in [1.54, 1.807) is 27.7 Å². The number of carbonyl (C=O) groups is 1. The fourth-order valence-electron chi connectivity index (χ4n) is 1.90. The number of methoxy groups -OCH3 is 1. The van der Waals surface area contributed by atoms with Gasteiger partial charge >= 0.3 is 0 Å². The summed E-state index contributed by atoms with van der Waals surface area (Å²) in [7, 11) is 2.85. The maximum absolute atomic E-state index is 12.3. The molecule has 0 aliphatic rings. The van der Waals surface area contributed by atoms with Crippen LogP contribution in [-0.4, -0.2) is 43.8 Å². The number of nitrogens with zero attached hydrogens (tertiary/aromatic N) is 1. The van der Waals surface area contributed by atoms with Crippen LogP contribution < -0.4 is 5.32 Å². The number of H-pyrrole nitrogens is 1. The molecule has 21 heavy (non-hydrogen) atoms. The summed E-state index contributed by atoms with van der Waals surface area (Å²) in [5.74, 6) is -0.797. The Labute approximate surface area is 128 Å². The smallest absolute Gasteiger partial charge is 0.273 e. The number of nitrogens with one attached hydrogen (secondary N) is 2. The molecule has 1 amide bonds. The second kappa shape index (κ2) is 6.33. The molecule has 1 rings (SSSR count). The van der Waals surface area contributed by atoms with Crippen molar-refractivity contribution in [2.24, 2.45) is 0 Å². The van der Waals surface area contributed by atoms with E-state index in [1.165, 1.54) is 7.11 Å². The van der Waals surface area contributed by atoms with Crippen LogP contribution in [0.5, 0.6) is 0 Å². The minimum absolute atomic E-state index is 0.172. The van der Waals surface area contributed by atoms with E-state index in [0.717, 1.165) is 0 Å². The predicted molar refractivity (Wildman–Crippen MR) is 79.1 cm³/mol. The average Bonchev–Trinajstić information content (AvgIpc) is 2.71. The molecule has 0 unspecified atom stereocenters. The van der Waals surface area contributed by atoms with E-state index < -0.39 is 20.5 Å². The first kappa shape index (κ1) is 17.9. The Morgan fingerprint density at radius 3 is 2.48 bits per heavy atom. The van der Waals surface area contributed by atoms with Crippen LogP contribution >= 0.6 is 10.7 Å². The number of ether oxygens (including phenoxy) is 1. The zero-order chi connectivity index (χ0) is 16.4. The second-order valence-electron chi connectivity index (χ2n) is 5.68. The lowest BCUT2D eigenvalue weighted by atomic mass is 10.1. The highest BCUT2D eigenvalue weighted by Crippen LogP contribution is 2.28. The van der Waals surface area contributed by atoms with Gasteiger partial charge in [-0.15, -0.1) is 0 Å². The van der Waals surface area contributed by atoms with Gasteiger partial charge < -0.3 is 10.1 Å². The van der Waals surface area contributed by atoms with E-state index in [-0.39, 0.29) is 23.1 Å². The Morgan fingerprint density at radius 1 is 1.48 bits per heavy atom. The fourth-order valence-corrected chi connectivity index (χ4v) is 3.28. The molecule has 1 aromatic heterocycles. The number of hydrogen-bond acceptors (Lipinski definition) is 5. The largest absolute Gasteiger partial charge is 0.382 e. The van der Waals surface area contributed by atoms with Gasteiger partial charge in [0.25, 0.3) is 15.0 Å². The van der Waals surface area contributed by atoms with Gasteiger partial charge in [0.15, 0.2) is 5.69 Å². The maximum atomic E-state index is 12.3. The Kier molecular flexibility index (Phi) is 5.40. The summed E-state index contributed by atoms with van der Waals surface area (Å²) in [6.07, 6.45) is 0. The van der Waals surface area contributed by atoms with Gasteiger partial charge in [0.1, 0.15) is 4.90 Å². The molecule has 9 heteroatoms. The number of halogens is 1. The van der Waals surface area contributed by atoms with Gasteiger partial charge in [-0.2, -0.15) is 5.10 Å². The molecule has 0 fully saturated rings. The first-order valence-electron chi connectivity index (χ1n) is 6.34. The highest BCUT2D eigenvalue weighted by Gasteiger charge is 2.32. The molecule has 0 atom stereocenters. The summed E-state index contributed by atoms with van der Waals surface area (Å²) in [5.41, 5.74) is -0.603. The summed E-state index contributed by atoms with van der Waals surface area (Å²) in [6, 6.07) is 0. The first-order valence-corrected chi connectivity index (χ1v) is 8.65. The summed E-state index contributed by atoms with van der Waals surface area (Å²) in [6.45, 7) is 7.31. The third-order valence-electron chi connectivity index (χ3n) is 2.74. The number of hydrogen-bond donors (Lipinski definition) is 2. The normalized spacial score (nSPS) is 12.7. The van der Waals surface area contributed by atoms with Crippen molar-refractivity contribution >= 4 is 25.6 Å². The van der Waals surface area contributed by atoms with Gasteiger partial charge in [-0.05, 0) is 19.8 Å².